The maximum absolute atomic E-state index is 13.2. The molecule has 0 atom stereocenters. The van der Waals surface area contributed by atoms with Crippen molar-refractivity contribution in [1.82, 2.24) is 0 Å². The number of rotatable bonds is 3. The van der Waals surface area contributed by atoms with Crippen molar-refractivity contribution < 1.29 is 21.4 Å². The van der Waals surface area contributed by atoms with Gasteiger partial charge in [-0.05, 0) is 12.1 Å². The molecule has 1 aromatic rings. The molecular weight excluding hydrogens is 240 g/mol. The third-order valence-electron chi connectivity index (χ3n) is 1.69. The normalized spacial score (nSPS) is 11.1. The van der Waals surface area contributed by atoms with E-state index in [-0.39, 0.29) is 5.56 Å². The Labute approximate surface area is 91.2 Å². The summed E-state index contributed by atoms with van der Waals surface area (Å²) in [5.74, 6) is -2.03. The SMILES string of the molecule is CS(=O)(=O)OCc1c(F)cc(C#N)cc1F. The highest BCUT2D eigenvalue weighted by Crippen LogP contribution is 2.16. The lowest BCUT2D eigenvalue weighted by Gasteiger charge is -2.05. The Morgan fingerprint density at radius 3 is 2.25 bits per heavy atom. The number of hydrogen-bond donors (Lipinski definition) is 0. The van der Waals surface area contributed by atoms with Crippen LogP contribution in [0.25, 0.3) is 0 Å². The third kappa shape index (κ3) is 3.25. The van der Waals surface area contributed by atoms with Crippen molar-refractivity contribution in [3.05, 3.63) is 34.9 Å². The molecule has 0 bridgehead atoms. The van der Waals surface area contributed by atoms with Gasteiger partial charge in [-0.3, -0.25) is 4.18 Å². The quantitative estimate of drug-likeness (QED) is 0.755. The number of benzene rings is 1. The van der Waals surface area contributed by atoms with Gasteiger partial charge in [-0.1, -0.05) is 0 Å². The van der Waals surface area contributed by atoms with E-state index in [1.807, 2.05) is 0 Å². The van der Waals surface area contributed by atoms with Crippen molar-refractivity contribution in [1.29, 1.82) is 5.26 Å². The molecule has 0 saturated carbocycles. The molecule has 1 aromatic carbocycles. The predicted molar refractivity (Wildman–Crippen MR) is 50.7 cm³/mol. The van der Waals surface area contributed by atoms with Crippen LogP contribution in [0.1, 0.15) is 11.1 Å². The van der Waals surface area contributed by atoms with E-state index in [0.717, 1.165) is 18.4 Å². The summed E-state index contributed by atoms with van der Waals surface area (Å²) < 4.78 is 51.9. The molecule has 0 radical (unpaired) electrons. The molecule has 0 heterocycles. The van der Waals surface area contributed by atoms with Gasteiger partial charge >= 0.3 is 0 Å². The molecule has 0 aliphatic carbocycles. The van der Waals surface area contributed by atoms with Crippen LogP contribution >= 0.6 is 0 Å². The van der Waals surface area contributed by atoms with E-state index in [2.05, 4.69) is 4.18 Å². The van der Waals surface area contributed by atoms with Crippen LogP contribution in [-0.4, -0.2) is 14.7 Å². The summed E-state index contributed by atoms with van der Waals surface area (Å²) in [5.41, 5.74) is -0.706. The fourth-order valence-corrected chi connectivity index (χ4v) is 1.30. The molecular formula is C9H7F2NO3S. The first-order chi connectivity index (χ1) is 7.33. The fourth-order valence-electron chi connectivity index (χ4n) is 0.971. The van der Waals surface area contributed by atoms with Crippen molar-refractivity contribution in [2.75, 3.05) is 6.26 Å². The van der Waals surface area contributed by atoms with E-state index in [1.54, 1.807) is 6.07 Å². The zero-order valence-electron chi connectivity index (χ0n) is 8.20. The van der Waals surface area contributed by atoms with Gasteiger partial charge in [0, 0.05) is 0 Å². The van der Waals surface area contributed by atoms with Gasteiger partial charge in [0.2, 0.25) is 0 Å². The molecule has 0 unspecified atom stereocenters. The maximum atomic E-state index is 13.2. The van der Waals surface area contributed by atoms with E-state index in [9.17, 15) is 17.2 Å². The predicted octanol–water partition coefficient (Wildman–Crippen LogP) is 1.31. The van der Waals surface area contributed by atoms with Crippen LogP contribution in [0.5, 0.6) is 0 Å². The van der Waals surface area contributed by atoms with Gasteiger partial charge in [0.05, 0.1) is 30.1 Å². The Hall–Kier alpha value is -1.52. The minimum atomic E-state index is -3.77. The topological polar surface area (TPSA) is 67.2 Å². The zero-order chi connectivity index (χ0) is 12.3. The monoisotopic (exact) mass is 247 g/mol. The molecule has 0 amide bonds. The molecule has 0 aliphatic heterocycles. The first-order valence-electron chi connectivity index (χ1n) is 4.06. The molecule has 0 aromatic heterocycles. The van der Waals surface area contributed by atoms with Crippen molar-refractivity contribution in [2.45, 2.75) is 6.61 Å². The first-order valence-corrected chi connectivity index (χ1v) is 5.87. The van der Waals surface area contributed by atoms with Gasteiger partial charge in [0.25, 0.3) is 10.1 Å². The standard InChI is InChI=1S/C9H7F2NO3S/c1-16(13,14)15-5-7-8(10)2-6(4-12)3-9(7)11/h2-3H,5H2,1H3. The van der Waals surface area contributed by atoms with E-state index in [0.29, 0.717) is 0 Å². The van der Waals surface area contributed by atoms with Crippen molar-refractivity contribution >= 4 is 10.1 Å². The summed E-state index contributed by atoms with van der Waals surface area (Å²) in [4.78, 5) is 0. The smallest absolute Gasteiger partial charge is 0.264 e. The highest BCUT2D eigenvalue weighted by Gasteiger charge is 2.13. The van der Waals surface area contributed by atoms with Crippen molar-refractivity contribution in [2.24, 2.45) is 0 Å². The largest absolute Gasteiger partial charge is 0.265 e. The van der Waals surface area contributed by atoms with Gasteiger partial charge in [0.1, 0.15) is 11.6 Å². The number of nitriles is 1. The highest BCUT2D eigenvalue weighted by molar-refractivity contribution is 7.85. The number of hydrogen-bond acceptors (Lipinski definition) is 4. The van der Waals surface area contributed by atoms with Crippen LogP contribution in [-0.2, 0) is 20.9 Å². The summed E-state index contributed by atoms with van der Waals surface area (Å²) in [6.45, 7) is -0.734. The van der Waals surface area contributed by atoms with Crippen LogP contribution in [0.4, 0.5) is 8.78 Å². The highest BCUT2D eigenvalue weighted by atomic mass is 32.2. The maximum Gasteiger partial charge on any atom is 0.264 e. The second-order valence-electron chi connectivity index (χ2n) is 3.00. The van der Waals surface area contributed by atoms with Crippen LogP contribution in [0.2, 0.25) is 0 Å². The van der Waals surface area contributed by atoms with Gasteiger partial charge in [-0.2, -0.15) is 13.7 Å². The molecule has 1 rings (SSSR count). The van der Waals surface area contributed by atoms with Crippen molar-refractivity contribution in [3.8, 4) is 6.07 Å². The van der Waals surface area contributed by atoms with Crippen LogP contribution in [0.15, 0.2) is 12.1 Å². The molecule has 7 heteroatoms. The average molecular weight is 247 g/mol. The summed E-state index contributed by atoms with van der Waals surface area (Å²) in [7, 11) is -3.77. The second-order valence-corrected chi connectivity index (χ2v) is 4.64. The number of halogens is 2. The van der Waals surface area contributed by atoms with Gasteiger partial charge in [-0.25, -0.2) is 8.78 Å². The molecule has 4 nitrogen and oxygen atoms in total. The Balaban J connectivity index is 3.03. The molecule has 0 saturated heterocycles. The third-order valence-corrected chi connectivity index (χ3v) is 2.23. The van der Waals surface area contributed by atoms with E-state index < -0.39 is 33.9 Å². The van der Waals surface area contributed by atoms with E-state index in [1.165, 1.54) is 0 Å². The Morgan fingerprint density at radius 2 is 1.88 bits per heavy atom. The lowest BCUT2D eigenvalue weighted by molar-refractivity contribution is 0.299. The van der Waals surface area contributed by atoms with Crippen LogP contribution in [0.3, 0.4) is 0 Å². The summed E-state index contributed by atoms with van der Waals surface area (Å²) in [6.07, 6.45) is 0.770. The molecule has 16 heavy (non-hydrogen) atoms. The van der Waals surface area contributed by atoms with Gasteiger partial charge in [-0.15, -0.1) is 0 Å². The molecule has 0 aliphatic rings. The lowest BCUT2D eigenvalue weighted by Crippen LogP contribution is -2.06. The van der Waals surface area contributed by atoms with Crippen molar-refractivity contribution in [3.63, 3.8) is 0 Å². The van der Waals surface area contributed by atoms with E-state index >= 15 is 0 Å². The Morgan fingerprint density at radius 1 is 1.38 bits per heavy atom. The summed E-state index contributed by atoms with van der Waals surface area (Å²) in [5, 5.41) is 8.43. The second kappa shape index (κ2) is 4.55. The Bertz CT molecular complexity index is 525. The van der Waals surface area contributed by atoms with E-state index in [4.69, 9.17) is 5.26 Å². The average Bonchev–Trinajstić information content (AvgIpc) is 2.14. The molecule has 0 spiro atoms. The minimum Gasteiger partial charge on any atom is -0.265 e. The minimum absolute atomic E-state index is 0.182. The molecule has 0 fully saturated rings. The Kier molecular flexibility index (Phi) is 3.57. The molecule has 86 valence electrons. The lowest BCUT2D eigenvalue weighted by atomic mass is 10.1. The number of nitrogens with zero attached hydrogens (tertiary/aromatic N) is 1. The van der Waals surface area contributed by atoms with Gasteiger partial charge < -0.3 is 0 Å². The van der Waals surface area contributed by atoms with Gasteiger partial charge in [0.15, 0.2) is 0 Å². The van der Waals surface area contributed by atoms with Crippen LogP contribution < -0.4 is 0 Å². The van der Waals surface area contributed by atoms with Crippen LogP contribution in [0, 0.1) is 23.0 Å². The molecule has 0 N–H and O–H groups in total. The summed E-state index contributed by atoms with van der Waals surface area (Å²) >= 11 is 0. The zero-order valence-corrected chi connectivity index (χ0v) is 9.01. The summed E-state index contributed by atoms with van der Waals surface area (Å²) in [6, 6.07) is 3.19. The first kappa shape index (κ1) is 12.5. The fraction of sp³-hybridized carbons (Fsp3) is 0.222.